The number of hydrogen-bond donors (Lipinski definition) is 4. The molecule has 14 heteroatoms. The zero-order valence-corrected chi connectivity index (χ0v) is 23.8. The third kappa shape index (κ3) is 6.12. The number of carbonyl (C=O) groups is 5. The van der Waals surface area contributed by atoms with Crippen molar-refractivity contribution in [2.24, 2.45) is 5.92 Å². The van der Waals surface area contributed by atoms with Gasteiger partial charge in [-0.3, -0.25) is 23.6 Å². The Morgan fingerprint density at radius 1 is 1.26 bits per heavy atom. The number of benzene rings is 1. The molecule has 220 valence electrons. The lowest BCUT2D eigenvalue weighted by atomic mass is 9.90. The fraction of sp³-hybridized carbons (Fsp3) is 0.357. The summed E-state index contributed by atoms with van der Waals surface area (Å²) in [7, 11) is 1.53. The summed E-state index contributed by atoms with van der Waals surface area (Å²) in [5.41, 5.74) is 1.60. The van der Waals surface area contributed by atoms with E-state index >= 15 is 0 Å². The van der Waals surface area contributed by atoms with Crippen molar-refractivity contribution in [3.63, 3.8) is 0 Å². The summed E-state index contributed by atoms with van der Waals surface area (Å²) < 4.78 is 12.2. The highest BCUT2D eigenvalue weighted by Gasteiger charge is 2.31. The lowest BCUT2D eigenvalue weighted by Crippen LogP contribution is -2.49. The Morgan fingerprint density at radius 3 is 2.88 bits per heavy atom. The molecule has 4 aromatic rings. The summed E-state index contributed by atoms with van der Waals surface area (Å²) in [4.78, 5) is 71.9. The Kier molecular flexibility index (Phi) is 8.52. The van der Waals surface area contributed by atoms with Crippen molar-refractivity contribution in [2.75, 3.05) is 26.8 Å². The standard InChI is InChI=1S/C28H30N6O7S/c1-15-24(34-9-10-42-28(34)31-15)27(39)41-14-21(35)19(11-16-5-4-8-29-25(16)37)33-23(36)13-30-26(38)20-12-17-18(32-20)6-3-7-22(17)40-2/h3,6-7,9-10,12,16,19,32H,4-5,8,11,13-14H2,1-2H3,(H,29,37)(H,30,38)(H,33,36)/t16-,19?/m0/s1. The Balaban J connectivity index is 1.22. The van der Waals surface area contributed by atoms with Crippen LogP contribution < -0.4 is 20.7 Å². The van der Waals surface area contributed by atoms with E-state index in [9.17, 15) is 24.0 Å². The van der Waals surface area contributed by atoms with Gasteiger partial charge in [-0.05, 0) is 44.4 Å². The minimum absolute atomic E-state index is 0.0319. The maximum atomic E-state index is 13.2. The minimum Gasteiger partial charge on any atom is -0.496 e. The predicted octanol–water partition coefficient (Wildman–Crippen LogP) is 1.75. The number of piperidine rings is 1. The number of methoxy groups -OCH3 is 1. The number of aromatic amines is 1. The van der Waals surface area contributed by atoms with E-state index in [-0.39, 0.29) is 23.7 Å². The number of carbonyl (C=O) groups excluding carboxylic acids is 5. The number of amides is 3. The fourth-order valence-electron chi connectivity index (χ4n) is 4.99. The molecule has 2 atom stereocenters. The smallest absolute Gasteiger partial charge is 0.357 e. The number of aryl methyl sites for hydroxylation is 1. The molecule has 4 N–H and O–H groups in total. The second kappa shape index (κ2) is 12.4. The first-order valence-electron chi connectivity index (χ1n) is 13.4. The Morgan fingerprint density at radius 2 is 2.10 bits per heavy atom. The van der Waals surface area contributed by atoms with Crippen molar-refractivity contribution in [1.82, 2.24) is 30.3 Å². The second-order valence-corrected chi connectivity index (χ2v) is 10.8. The van der Waals surface area contributed by atoms with Crippen LogP contribution in [0.25, 0.3) is 15.9 Å². The molecule has 1 aliphatic rings. The largest absolute Gasteiger partial charge is 0.496 e. The van der Waals surface area contributed by atoms with E-state index in [4.69, 9.17) is 9.47 Å². The predicted molar refractivity (Wildman–Crippen MR) is 153 cm³/mol. The number of ketones is 1. The normalized spacial score (nSPS) is 15.7. The van der Waals surface area contributed by atoms with Gasteiger partial charge < -0.3 is 30.4 Å². The van der Waals surface area contributed by atoms with E-state index in [2.05, 4.69) is 25.9 Å². The third-order valence-electron chi connectivity index (χ3n) is 7.12. The molecule has 1 aliphatic heterocycles. The summed E-state index contributed by atoms with van der Waals surface area (Å²) in [5.74, 6) is -2.57. The van der Waals surface area contributed by atoms with Crippen LogP contribution in [0.5, 0.6) is 5.75 Å². The highest BCUT2D eigenvalue weighted by Crippen LogP contribution is 2.26. The molecule has 3 aromatic heterocycles. The Hall–Kier alpha value is -4.72. The van der Waals surface area contributed by atoms with Crippen molar-refractivity contribution in [3.8, 4) is 5.75 Å². The van der Waals surface area contributed by atoms with Crippen LogP contribution in [0.3, 0.4) is 0 Å². The third-order valence-corrected chi connectivity index (χ3v) is 7.87. The van der Waals surface area contributed by atoms with Crippen LogP contribution in [0.15, 0.2) is 35.8 Å². The quantitative estimate of drug-likeness (QED) is 0.190. The molecule has 1 fully saturated rings. The fourth-order valence-corrected chi connectivity index (χ4v) is 5.75. The minimum atomic E-state index is -1.11. The van der Waals surface area contributed by atoms with Gasteiger partial charge in [0.15, 0.2) is 23.0 Å². The average molecular weight is 595 g/mol. The molecule has 0 saturated carbocycles. The van der Waals surface area contributed by atoms with E-state index in [0.29, 0.717) is 40.3 Å². The van der Waals surface area contributed by atoms with Crippen LogP contribution in [0, 0.1) is 12.8 Å². The van der Waals surface area contributed by atoms with Crippen molar-refractivity contribution >= 4 is 56.7 Å². The maximum Gasteiger partial charge on any atom is 0.357 e. The van der Waals surface area contributed by atoms with Crippen LogP contribution in [-0.2, 0) is 19.1 Å². The van der Waals surface area contributed by atoms with Gasteiger partial charge in [-0.2, -0.15) is 0 Å². The number of rotatable bonds is 11. The zero-order valence-electron chi connectivity index (χ0n) is 23.0. The number of fused-ring (bicyclic) bond motifs is 2. The lowest BCUT2D eigenvalue weighted by Gasteiger charge is -2.26. The van der Waals surface area contributed by atoms with Crippen LogP contribution in [0.1, 0.15) is 45.9 Å². The SMILES string of the molecule is COc1cccc2[nH]c(C(=O)NCC(=O)NC(C[C@@H]3CCCNC3=O)C(=O)COC(=O)c3c(C)nc4sccn34)cc12. The van der Waals surface area contributed by atoms with E-state index in [1.807, 2.05) is 0 Å². The van der Waals surface area contributed by atoms with Gasteiger partial charge in [-0.25, -0.2) is 9.78 Å². The summed E-state index contributed by atoms with van der Waals surface area (Å²) in [6.07, 6.45) is 3.01. The van der Waals surface area contributed by atoms with Crippen LogP contribution in [0.2, 0.25) is 0 Å². The van der Waals surface area contributed by atoms with E-state index < -0.39 is 48.7 Å². The maximum absolute atomic E-state index is 13.2. The van der Waals surface area contributed by atoms with Crippen molar-refractivity contribution in [1.29, 1.82) is 0 Å². The van der Waals surface area contributed by atoms with Crippen molar-refractivity contribution < 1.29 is 33.4 Å². The molecule has 1 unspecified atom stereocenters. The molecule has 13 nitrogen and oxygen atoms in total. The number of ether oxygens (including phenoxy) is 2. The van der Waals surface area contributed by atoms with Gasteiger partial charge in [0, 0.05) is 34.9 Å². The van der Waals surface area contributed by atoms with Crippen LogP contribution in [0.4, 0.5) is 0 Å². The second-order valence-electron chi connectivity index (χ2n) is 9.92. The number of nitrogens with one attached hydrogen (secondary N) is 4. The molecule has 1 aromatic carbocycles. The molecule has 3 amide bonds. The molecular weight excluding hydrogens is 564 g/mol. The zero-order chi connectivity index (χ0) is 29.8. The summed E-state index contributed by atoms with van der Waals surface area (Å²) in [5, 5.41) is 10.4. The Bertz CT molecular complexity index is 1670. The highest BCUT2D eigenvalue weighted by molar-refractivity contribution is 7.15. The molecule has 0 spiro atoms. The molecule has 0 aliphatic carbocycles. The first-order valence-corrected chi connectivity index (χ1v) is 14.3. The average Bonchev–Trinajstić information content (AvgIpc) is 3.69. The van der Waals surface area contributed by atoms with E-state index in [0.717, 1.165) is 6.42 Å². The lowest BCUT2D eigenvalue weighted by molar-refractivity contribution is -0.132. The van der Waals surface area contributed by atoms with Crippen LogP contribution in [-0.4, -0.2) is 76.7 Å². The van der Waals surface area contributed by atoms with Gasteiger partial charge in [-0.1, -0.05) is 6.07 Å². The number of esters is 1. The number of hydrogen-bond acceptors (Lipinski definition) is 9. The number of imidazole rings is 1. The summed E-state index contributed by atoms with van der Waals surface area (Å²) in [6.45, 7) is 1.18. The molecule has 0 radical (unpaired) electrons. The molecule has 5 rings (SSSR count). The molecule has 4 heterocycles. The van der Waals surface area contributed by atoms with Crippen LogP contribution >= 0.6 is 11.3 Å². The van der Waals surface area contributed by atoms with Gasteiger partial charge in [0.05, 0.1) is 25.4 Å². The molecule has 1 saturated heterocycles. The Labute approximate surface area is 244 Å². The van der Waals surface area contributed by atoms with Gasteiger partial charge in [0.2, 0.25) is 11.8 Å². The molecule has 42 heavy (non-hydrogen) atoms. The first kappa shape index (κ1) is 28.8. The number of nitrogens with zero attached hydrogens (tertiary/aromatic N) is 2. The van der Waals surface area contributed by atoms with Gasteiger partial charge in [0.25, 0.3) is 5.91 Å². The topological polar surface area (TPSA) is 173 Å². The number of aromatic nitrogens is 3. The molecular formula is C28H30N6O7S. The molecule has 0 bridgehead atoms. The highest BCUT2D eigenvalue weighted by atomic mass is 32.1. The van der Waals surface area contributed by atoms with Crippen molar-refractivity contribution in [2.45, 2.75) is 32.2 Å². The van der Waals surface area contributed by atoms with E-state index in [1.54, 1.807) is 47.2 Å². The van der Waals surface area contributed by atoms with Crippen molar-refractivity contribution in [3.05, 3.63) is 52.9 Å². The number of H-pyrrole nitrogens is 1. The van der Waals surface area contributed by atoms with E-state index in [1.165, 1.54) is 18.4 Å². The summed E-state index contributed by atoms with van der Waals surface area (Å²) >= 11 is 1.36. The van der Waals surface area contributed by atoms with Gasteiger partial charge in [0.1, 0.15) is 11.4 Å². The monoisotopic (exact) mass is 594 g/mol. The first-order chi connectivity index (χ1) is 20.2. The van der Waals surface area contributed by atoms with Gasteiger partial charge in [-0.15, -0.1) is 11.3 Å². The summed E-state index contributed by atoms with van der Waals surface area (Å²) in [6, 6.07) is 5.86. The number of thiazole rings is 1. The van der Waals surface area contributed by atoms with Gasteiger partial charge >= 0.3 is 5.97 Å². The number of Topliss-reactive ketones (excluding diaryl/α,β-unsaturated/α-hetero) is 1.